The predicted octanol–water partition coefficient (Wildman–Crippen LogP) is 2.71. The molecule has 1 fully saturated rings. The Morgan fingerprint density at radius 1 is 1.26 bits per heavy atom. The molecular formula is C17H37IN4O. The Morgan fingerprint density at radius 2 is 1.91 bits per heavy atom. The van der Waals surface area contributed by atoms with Gasteiger partial charge in [0.15, 0.2) is 5.96 Å². The first-order chi connectivity index (χ1) is 10.4. The summed E-state index contributed by atoms with van der Waals surface area (Å²) in [7, 11) is 5.99. The molecule has 1 saturated carbocycles. The summed E-state index contributed by atoms with van der Waals surface area (Å²) in [5, 5.41) is 6.91. The van der Waals surface area contributed by atoms with Crippen LogP contribution in [0.1, 0.15) is 46.5 Å². The van der Waals surface area contributed by atoms with Gasteiger partial charge in [-0.05, 0) is 59.5 Å². The molecule has 0 unspecified atom stereocenters. The zero-order valence-corrected chi connectivity index (χ0v) is 18.2. The zero-order chi connectivity index (χ0) is 16.6. The Hall–Kier alpha value is -0.0800. The van der Waals surface area contributed by atoms with E-state index in [0.29, 0.717) is 5.41 Å². The van der Waals surface area contributed by atoms with Crippen LogP contribution in [-0.4, -0.2) is 63.8 Å². The average Bonchev–Trinajstić information content (AvgIpc) is 2.42. The minimum absolute atomic E-state index is 0. The third-order valence-corrected chi connectivity index (χ3v) is 5.06. The summed E-state index contributed by atoms with van der Waals surface area (Å²) in [6, 6.07) is 0. The van der Waals surface area contributed by atoms with Crippen molar-refractivity contribution in [2.24, 2.45) is 10.4 Å². The van der Waals surface area contributed by atoms with E-state index in [0.717, 1.165) is 38.6 Å². The van der Waals surface area contributed by atoms with Crippen molar-refractivity contribution in [2.75, 3.05) is 47.4 Å². The molecule has 0 aromatic carbocycles. The fourth-order valence-corrected chi connectivity index (χ4v) is 2.54. The number of aliphatic imine (C=N–C) groups is 1. The highest BCUT2D eigenvalue weighted by Gasteiger charge is 2.36. The number of likely N-dealkylation sites (N-methyl/N-ethyl adjacent to an activating group) is 1. The molecule has 0 heterocycles. The Bertz CT molecular complexity index is 355. The van der Waals surface area contributed by atoms with Gasteiger partial charge in [-0.1, -0.05) is 6.42 Å². The maximum absolute atomic E-state index is 5.27. The lowest BCUT2D eigenvalue weighted by Crippen LogP contribution is -2.48. The van der Waals surface area contributed by atoms with Crippen molar-refractivity contribution in [1.82, 2.24) is 15.5 Å². The van der Waals surface area contributed by atoms with Gasteiger partial charge in [0.05, 0.1) is 6.54 Å². The molecule has 0 atom stereocenters. The van der Waals surface area contributed by atoms with Gasteiger partial charge in [-0.2, -0.15) is 0 Å². The van der Waals surface area contributed by atoms with Gasteiger partial charge >= 0.3 is 0 Å². The van der Waals surface area contributed by atoms with E-state index in [4.69, 9.17) is 9.73 Å². The van der Waals surface area contributed by atoms with Gasteiger partial charge in [0.25, 0.3) is 0 Å². The smallest absolute Gasteiger partial charge is 0.191 e. The number of ether oxygens (including phenoxy) is 1. The van der Waals surface area contributed by atoms with Crippen molar-refractivity contribution in [3.05, 3.63) is 0 Å². The Balaban J connectivity index is 0.00000484. The van der Waals surface area contributed by atoms with E-state index in [-0.39, 0.29) is 29.5 Å². The molecule has 0 radical (unpaired) electrons. The first kappa shape index (κ1) is 22.9. The van der Waals surface area contributed by atoms with E-state index in [1.54, 1.807) is 7.11 Å². The summed E-state index contributed by atoms with van der Waals surface area (Å²) in [4.78, 5) is 6.98. The average molecular weight is 440 g/mol. The monoisotopic (exact) mass is 440 g/mol. The number of hydrogen-bond acceptors (Lipinski definition) is 3. The number of guanidine groups is 1. The second-order valence-corrected chi connectivity index (χ2v) is 7.35. The molecule has 0 aromatic heterocycles. The molecule has 23 heavy (non-hydrogen) atoms. The highest BCUT2D eigenvalue weighted by Crippen LogP contribution is 2.43. The van der Waals surface area contributed by atoms with Crippen LogP contribution in [0.25, 0.3) is 0 Å². The van der Waals surface area contributed by atoms with E-state index in [9.17, 15) is 0 Å². The zero-order valence-electron chi connectivity index (χ0n) is 15.9. The number of nitrogens with zero attached hydrogens (tertiary/aromatic N) is 2. The minimum atomic E-state index is 0. The number of halogens is 1. The topological polar surface area (TPSA) is 48.9 Å². The van der Waals surface area contributed by atoms with E-state index < -0.39 is 0 Å². The van der Waals surface area contributed by atoms with Crippen molar-refractivity contribution in [3.8, 4) is 0 Å². The normalized spacial score (nSPS) is 17.4. The van der Waals surface area contributed by atoms with Crippen molar-refractivity contribution in [1.29, 1.82) is 0 Å². The summed E-state index contributed by atoms with van der Waals surface area (Å²) in [5.41, 5.74) is 0.468. The molecule has 0 spiro atoms. The van der Waals surface area contributed by atoms with Crippen LogP contribution >= 0.6 is 24.0 Å². The molecule has 0 saturated heterocycles. The molecule has 6 heteroatoms. The molecule has 1 rings (SSSR count). The van der Waals surface area contributed by atoms with Gasteiger partial charge < -0.3 is 20.3 Å². The largest absolute Gasteiger partial charge is 0.385 e. The third-order valence-electron chi connectivity index (χ3n) is 5.06. The van der Waals surface area contributed by atoms with E-state index in [1.165, 1.54) is 19.3 Å². The summed E-state index contributed by atoms with van der Waals surface area (Å²) < 4.78 is 5.27. The van der Waals surface area contributed by atoms with Crippen LogP contribution in [0.4, 0.5) is 0 Å². The standard InChI is InChI=1S/C17H36N4O.HI/c1-7-18-15(19-13-16(2,3)21(4)5)20-14-17(9-8-10-17)11-12-22-6;/h7-14H2,1-6H3,(H2,18,19,20);1H. The number of hydrogen-bond donors (Lipinski definition) is 2. The van der Waals surface area contributed by atoms with Crippen LogP contribution in [0.5, 0.6) is 0 Å². The molecular weight excluding hydrogens is 403 g/mol. The molecule has 2 N–H and O–H groups in total. The lowest BCUT2D eigenvalue weighted by molar-refractivity contribution is 0.0732. The van der Waals surface area contributed by atoms with Gasteiger partial charge in [-0.3, -0.25) is 4.99 Å². The fraction of sp³-hybridized carbons (Fsp3) is 0.941. The predicted molar refractivity (Wildman–Crippen MR) is 110 cm³/mol. The quantitative estimate of drug-likeness (QED) is 0.329. The lowest BCUT2D eigenvalue weighted by atomic mass is 9.67. The Kier molecular flexibility index (Phi) is 10.7. The molecule has 1 aliphatic carbocycles. The van der Waals surface area contributed by atoms with Crippen molar-refractivity contribution < 1.29 is 4.74 Å². The van der Waals surface area contributed by atoms with E-state index in [2.05, 4.69) is 50.4 Å². The summed E-state index contributed by atoms with van der Waals surface area (Å²) in [6.07, 6.45) is 5.07. The number of methoxy groups -OCH3 is 1. The highest BCUT2D eigenvalue weighted by molar-refractivity contribution is 14.0. The maximum Gasteiger partial charge on any atom is 0.191 e. The lowest BCUT2D eigenvalue weighted by Gasteiger charge is -2.42. The fourth-order valence-electron chi connectivity index (χ4n) is 2.54. The van der Waals surface area contributed by atoms with Crippen LogP contribution in [0, 0.1) is 5.41 Å². The Morgan fingerprint density at radius 3 is 2.35 bits per heavy atom. The van der Waals surface area contributed by atoms with Gasteiger partial charge in [0, 0.05) is 32.3 Å². The number of rotatable bonds is 9. The van der Waals surface area contributed by atoms with Crippen molar-refractivity contribution in [2.45, 2.75) is 52.0 Å². The van der Waals surface area contributed by atoms with Gasteiger partial charge in [0.2, 0.25) is 0 Å². The second kappa shape index (κ2) is 10.7. The molecule has 0 aromatic rings. The van der Waals surface area contributed by atoms with Crippen LogP contribution in [0.2, 0.25) is 0 Å². The first-order valence-electron chi connectivity index (χ1n) is 8.54. The summed E-state index contributed by atoms with van der Waals surface area (Å²) in [6.45, 7) is 10.0. The second-order valence-electron chi connectivity index (χ2n) is 7.35. The number of nitrogens with one attached hydrogen (secondary N) is 2. The molecule has 1 aliphatic rings. The summed E-state index contributed by atoms with van der Waals surface area (Å²) in [5.74, 6) is 0.932. The Labute approximate surface area is 160 Å². The first-order valence-corrected chi connectivity index (χ1v) is 8.54. The SMILES string of the molecule is CCNC(=NCC(C)(C)N(C)C)NCC1(CCOC)CCC1.I. The molecule has 0 amide bonds. The van der Waals surface area contributed by atoms with Crippen molar-refractivity contribution in [3.63, 3.8) is 0 Å². The van der Waals surface area contributed by atoms with E-state index in [1.807, 2.05) is 0 Å². The van der Waals surface area contributed by atoms with Crippen LogP contribution < -0.4 is 10.6 Å². The van der Waals surface area contributed by atoms with E-state index >= 15 is 0 Å². The molecule has 0 aliphatic heterocycles. The third kappa shape index (κ3) is 7.56. The van der Waals surface area contributed by atoms with Gasteiger partial charge in [-0.15, -0.1) is 24.0 Å². The highest BCUT2D eigenvalue weighted by atomic mass is 127. The van der Waals surface area contributed by atoms with Crippen LogP contribution in [0.15, 0.2) is 4.99 Å². The minimum Gasteiger partial charge on any atom is -0.385 e. The van der Waals surface area contributed by atoms with Crippen molar-refractivity contribution >= 4 is 29.9 Å². The maximum atomic E-state index is 5.27. The van der Waals surface area contributed by atoms with Crippen LogP contribution in [-0.2, 0) is 4.74 Å². The molecule has 138 valence electrons. The molecule has 5 nitrogen and oxygen atoms in total. The van der Waals surface area contributed by atoms with Gasteiger partial charge in [0.1, 0.15) is 0 Å². The van der Waals surface area contributed by atoms with Gasteiger partial charge in [-0.25, -0.2) is 0 Å². The summed E-state index contributed by atoms with van der Waals surface area (Å²) >= 11 is 0. The molecule has 0 bridgehead atoms. The van der Waals surface area contributed by atoms with Crippen LogP contribution in [0.3, 0.4) is 0 Å².